The fraction of sp³-hybridized carbons (Fsp3) is 0.455. The lowest BCUT2D eigenvalue weighted by molar-refractivity contribution is -0.137. The molecule has 1 rings (SSSR count). The molecule has 0 aliphatic heterocycles. The van der Waals surface area contributed by atoms with E-state index in [9.17, 15) is 9.59 Å². The maximum atomic E-state index is 11.8. The van der Waals surface area contributed by atoms with Crippen molar-refractivity contribution in [1.82, 2.24) is 5.32 Å². The summed E-state index contributed by atoms with van der Waals surface area (Å²) in [4.78, 5) is 24.3. The van der Waals surface area contributed by atoms with E-state index in [1.165, 1.54) is 0 Å². The fourth-order valence-electron chi connectivity index (χ4n) is 1.47. The van der Waals surface area contributed by atoms with Gasteiger partial charge >= 0.3 is 5.97 Å². The van der Waals surface area contributed by atoms with Gasteiger partial charge in [0.1, 0.15) is 0 Å². The molecule has 1 aromatic heterocycles. The minimum atomic E-state index is -0.911. The van der Waals surface area contributed by atoms with Gasteiger partial charge in [0.25, 0.3) is 5.91 Å². The van der Waals surface area contributed by atoms with Gasteiger partial charge in [-0.15, -0.1) is 11.3 Å². The number of aliphatic carboxylic acids is 1. The predicted molar refractivity (Wildman–Crippen MR) is 63.0 cm³/mol. The maximum Gasteiger partial charge on any atom is 0.305 e. The molecular formula is C11H15NO3S. The van der Waals surface area contributed by atoms with Crippen LogP contribution in [0.5, 0.6) is 0 Å². The highest BCUT2D eigenvalue weighted by atomic mass is 32.1. The number of carbonyl (C=O) groups is 2. The number of aryl methyl sites for hydroxylation is 2. The first-order valence-electron chi connectivity index (χ1n) is 5.00. The van der Waals surface area contributed by atoms with Crippen molar-refractivity contribution in [1.29, 1.82) is 0 Å². The van der Waals surface area contributed by atoms with E-state index in [0.717, 1.165) is 9.75 Å². The molecule has 88 valence electrons. The summed E-state index contributed by atoms with van der Waals surface area (Å²) in [6.45, 7) is 5.50. The smallest absolute Gasteiger partial charge is 0.305 e. The standard InChI is InChI=1S/C11H15NO3S/c1-6(4-10(13)14)12-11(15)9-5-7(2)16-8(9)3/h5-6H,4H2,1-3H3,(H,12,15)(H,13,14). The van der Waals surface area contributed by atoms with Gasteiger partial charge < -0.3 is 10.4 Å². The second-order valence-electron chi connectivity index (χ2n) is 3.80. The van der Waals surface area contributed by atoms with Crippen LogP contribution in [0.15, 0.2) is 6.07 Å². The van der Waals surface area contributed by atoms with Crippen LogP contribution >= 0.6 is 11.3 Å². The molecule has 0 spiro atoms. The third-order valence-corrected chi connectivity index (χ3v) is 3.11. The summed E-state index contributed by atoms with van der Waals surface area (Å²) in [6.07, 6.45) is -0.0616. The zero-order valence-corrected chi connectivity index (χ0v) is 10.4. The lowest BCUT2D eigenvalue weighted by atomic mass is 10.2. The summed E-state index contributed by atoms with van der Waals surface area (Å²) in [5, 5.41) is 11.2. The number of nitrogens with one attached hydrogen (secondary N) is 1. The lowest BCUT2D eigenvalue weighted by Gasteiger charge is -2.10. The Kier molecular flexibility index (Phi) is 4.06. The van der Waals surface area contributed by atoms with Crippen LogP contribution in [0.25, 0.3) is 0 Å². The molecule has 1 amide bonds. The van der Waals surface area contributed by atoms with Crippen LogP contribution in [0.3, 0.4) is 0 Å². The zero-order chi connectivity index (χ0) is 12.3. The first kappa shape index (κ1) is 12.7. The van der Waals surface area contributed by atoms with Gasteiger partial charge in [-0.3, -0.25) is 9.59 Å². The van der Waals surface area contributed by atoms with Crippen LogP contribution in [0, 0.1) is 13.8 Å². The first-order chi connectivity index (χ1) is 7.40. The molecule has 0 fully saturated rings. The number of carboxylic acid groups (broad SMARTS) is 1. The van der Waals surface area contributed by atoms with Gasteiger partial charge in [-0.05, 0) is 26.8 Å². The molecule has 0 aliphatic carbocycles. The first-order valence-corrected chi connectivity index (χ1v) is 5.81. The van der Waals surface area contributed by atoms with Gasteiger partial charge in [-0.2, -0.15) is 0 Å². The van der Waals surface area contributed by atoms with E-state index in [4.69, 9.17) is 5.11 Å². The van der Waals surface area contributed by atoms with Gasteiger partial charge in [-0.1, -0.05) is 0 Å². The summed E-state index contributed by atoms with van der Waals surface area (Å²) in [5.41, 5.74) is 0.639. The number of hydrogen-bond donors (Lipinski definition) is 2. The number of rotatable bonds is 4. The van der Waals surface area contributed by atoms with E-state index in [1.54, 1.807) is 18.3 Å². The molecule has 5 heteroatoms. The minimum absolute atomic E-state index is 0.0616. The average Bonchev–Trinajstić information content (AvgIpc) is 2.43. The molecule has 1 heterocycles. The molecule has 1 atom stereocenters. The summed E-state index contributed by atoms with van der Waals surface area (Å²) in [5.74, 6) is -1.11. The molecule has 4 nitrogen and oxygen atoms in total. The van der Waals surface area contributed by atoms with E-state index in [2.05, 4.69) is 5.32 Å². The van der Waals surface area contributed by atoms with Crippen molar-refractivity contribution < 1.29 is 14.7 Å². The Morgan fingerprint density at radius 2 is 2.12 bits per heavy atom. The summed E-state index contributed by atoms with van der Waals surface area (Å²) in [7, 11) is 0. The highest BCUT2D eigenvalue weighted by Crippen LogP contribution is 2.20. The Labute approximate surface area is 98.3 Å². The second-order valence-corrected chi connectivity index (χ2v) is 5.26. The Balaban J connectivity index is 2.65. The topological polar surface area (TPSA) is 66.4 Å². The largest absolute Gasteiger partial charge is 0.481 e. The molecular weight excluding hydrogens is 226 g/mol. The summed E-state index contributed by atoms with van der Waals surface area (Å²) in [6, 6.07) is 1.47. The number of amides is 1. The molecule has 16 heavy (non-hydrogen) atoms. The van der Waals surface area contributed by atoms with Gasteiger partial charge in [-0.25, -0.2) is 0 Å². The van der Waals surface area contributed by atoms with Crippen molar-refractivity contribution in [3.05, 3.63) is 21.4 Å². The number of carboxylic acids is 1. The fourth-order valence-corrected chi connectivity index (χ4v) is 2.39. The van der Waals surface area contributed by atoms with E-state index in [0.29, 0.717) is 5.56 Å². The van der Waals surface area contributed by atoms with Crippen LogP contribution < -0.4 is 5.32 Å². The second kappa shape index (κ2) is 5.12. The quantitative estimate of drug-likeness (QED) is 0.846. The Morgan fingerprint density at radius 1 is 1.50 bits per heavy atom. The number of carbonyl (C=O) groups excluding carboxylic acids is 1. The monoisotopic (exact) mass is 241 g/mol. The van der Waals surface area contributed by atoms with Crippen molar-refractivity contribution in [3.63, 3.8) is 0 Å². The van der Waals surface area contributed by atoms with Crippen molar-refractivity contribution in [3.8, 4) is 0 Å². The van der Waals surface area contributed by atoms with Crippen LogP contribution in [0.1, 0.15) is 33.5 Å². The highest BCUT2D eigenvalue weighted by molar-refractivity contribution is 7.12. The third kappa shape index (κ3) is 3.34. The number of hydrogen-bond acceptors (Lipinski definition) is 3. The molecule has 0 bridgehead atoms. The average molecular weight is 241 g/mol. The SMILES string of the molecule is Cc1cc(C(=O)NC(C)CC(=O)O)c(C)s1. The molecule has 0 aliphatic rings. The molecule has 0 saturated carbocycles. The van der Waals surface area contributed by atoms with Crippen molar-refractivity contribution in [2.75, 3.05) is 0 Å². The van der Waals surface area contributed by atoms with E-state index < -0.39 is 5.97 Å². The third-order valence-electron chi connectivity index (χ3n) is 2.14. The normalized spacial score (nSPS) is 12.2. The van der Waals surface area contributed by atoms with E-state index >= 15 is 0 Å². The zero-order valence-electron chi connectivity index (χ0n) is 9.53. The molecule has 0 saturated heterocycles. The minimum Gasteiger partial charge on any atom is -0.481 e. The van der Waals surface area contributed by atoms with E-state index in [-0.39, 0.29) is 18.4 Å². The lowest BCUT2D eigenvalue weighted by Crippen LogP contribution is -2.34. The molecule has 1 aromatic rings. The van der Waals surface area contributed by atoms with Crippen LogP contribution in [-0.2, 0) is 4.79 Å². The molecule has 1 unspecified atom stereocenters. The molecule has 0 aromatic carbocycles. The Hall–Kier alpha value is -1.36. The highest BCUT2D eigenvalue weighted by Gasteiger charge is 2.15. The van der Waals surface area contributed by atoms with Crippen LogP contribution in [-0.4, -0.2) is 23.0 Å². The Morgan fingerprint density at radius 3 is 2.56 bits per heavy atom. The summed E-state index contributed by atoms with van der Waals surface area (Å²) < 4.78 is 0. The number of thiophene rings is 1. The van der Waals surface area contributed by atoms with Crippen molar-refractivity contribution in [2.24, 2.45) is 0 Å². The molecule has 0 radical (unpaired) electrons. The maximum absolute atomic E-state index is 11.8. The Bertz CT molecular complexity index is 411. The van der Waals surface area contributed by atoms with Gasteiger partial charge in [0.15, 0.2) is 0 Å². The molecule has 2 N–H and O–H groups in total. The predicted octanol–water partition coefficient (Wildman–Crippen LogP) is 1.96. The van der Waals surface area contributed by atoms with Gasteiger partial charge in [0.2, 0.25) is 0 Å². The van der Waals surface area contributed by atoms with Gasteiger partial charge in [0, 0.05) is 15.8 Å². The van der Waals surface area contributed by atoms with Crippen molar-refractivity contribution in [2.45, 2.75) is 33.2 Å². The van der Waals surface area contributed by atoms with Gasteiger partial charge in [0.05, 0.1) is 12.0 Å². The summed E-state index contributed by atoms with van der Waals surface area (Å²) >= 11 is 1.56. The van der Waals surface area contributed by atoms with E-state index in [1.807, 2.05) is 19.9 Å². The van der Waals surface area contributed by atoms with Crippen LogP contribution in [0.2, 0.25) is 0 Å². The van der Waals surface area contributed by atoms with Crippen molar-refractivity contribution >= 4 is 23.2 Å². The van der Waals surface area contributed by atoms with Crippen LogP contribution in [0.4, 0.5) is 0 Å².